The summed E-state index contributed by atoms with van der Waals surface area (Å²) in [4.78, 5) is 12.6. The molecule has 0 aliphatic rings. The van der Waals surface area contributed by atoms with Gasteiger partial charge in [0.15, 0.2) is 0 Å². The second kappa shape index (κ2) is 11.7. The minimum absolute atomic E-state index is 0.0194. The van der Waals surface area contributed by atoms with Gasteiger partial charge in [-0.15, -0.1) is 0 Å². The van der Waals surface area contributed by atoms with E-state index in [1.165, 1.54) is 6.08 Å². The van der Waals surface area contributed by atoms with E-state index in [0.29, 0.717) is 28.3 Å². The second-order valence-electron chi connectivity index (χ2n) is 6.72. The van der Waals surface area contributed by atoms with Crippen LogP contribution in [0.3, 0.4) is 0 Å². The highest BCUT2D eigenvalue weighted by Gasteiger charge is 2.13. The van der Waals surface area contributed by atoms with Gasteiger partial charge in [-0.05, 0) is 99.3 Å². The molecule has 0 fully saturated rings. The number of carbonyl (C=O) groups excluding carboxylic acids is 1. The Balaban J connectivity index is 1.77. The Kier molecular flexibility index (Phi) is 8.69. The summed E-state index contributed by atoms with van der Waals surface area (Å²) < 4.78 is 12.7. The molecule has 0 aliphatic heterocycles. The summed E-state index contributed by atoms with van der Waals surface area (Å²) in [6.45, 7) is 0.263. The van der Waals surface area contributed by atoms with Crippen LogP contribution in [0.1, 0.15) is 16.7 Å². The quantitative estimate of drug-likeness (QED) is 0.194. The van der Waals surface area contributed by atoms with E-state index in [-0.39, 0.29) is 12.2 Å². The van der Waals surface area contributed by atoms with E-state index in [2.05, 4.69) is 56.6 Å². The topological polar surface area (TPSA) is 95.1 Å². The molecule has 8 heteroatoms. The SMILES string of the molecule is COc1ccc(NC(=O)/C(C#N)=C\c2cc(I)c(OCc3ccccc3C#N)c(I)c2)cc1. The summed E-state index contributed by atoms with van der Waals surface area (Å²) in [5.41, 5.74) is 2.62. The maximum Gasteiger partial charge on any atom is 0.266 e. The first kappa shape index (κ1) is 24.6. The fourth-order valence-electron chi connectivity index (χ4n) is 2.89. The van der Waals surface area contributed by atoms with Gasteiger partial charge in [0, 0.05) is 11.3 Å². The highest BCUT2D eigenvalue weighted by molar-refractivity contribution is 14.1. The number of hydrogen-bond acceptors (Lipinski definition) is 5. The van der Waals surface area contributed by atoms with E-state index >= 15 is 0 Å². The Bertz CT molecular complexity index is 1270. The number of nitrogens with zero attached hydrogens (tertiary/aromatic N) is 2. The molecule has 1 amide bonds. The molecule has 0 unspecified atom stereocenters. The van der Waals surface area contributed by atoms with Crippen molar-refractivity contribution < 1.29 is 14.3 Å². The summed E-state index contributed by atoms with van der Waals surface area (Å²) in [7, 11) is 1.56. The van der Waals surface area contributed by atoms with Crippen molar-refractivity contribution in [1.82, 2.24) is 0 Å². The average Bonchev–Trinajstić information content (AvgIpc) is 2.82. The number of rotatable bonds is 7. The first-order chi connectivity index (χ1) is 15.9. The predicted molar refractivity (Wildman–Crippen MR) is 143 cm³/mol. The maximum atomic E-state index is 12.6. The minimum Gasteiger partial charge on any atom is -0.497 e. The Morgan fingerprint density at radius 2 is 1.73 bits per heavy atom. The van der Waals surface area contributed by atoms with Gasteiger partial charge in [-0.2, -0.15) is 10.5 Å². The molecule has 0 heterocycles. The van der Waals surface area contributed by atoms with Crippen molar-refractivity contribution >= 4 is 62.9 Å². The Morgan fingerprint density at radius 1 is 1.06 bits per heavy atom. The van der Waals surface area contributed by atoms with Gasteiger partial charge in [-0.25, -0.2) is 0 Å². The van der Waals surface area contributed by atoms with E-state index < -0.39 is 5.91 Å². The summed E-state index contributed by atoms with van der Waals surface area (Å²) in [6.07, 6.45) is 1.54. The Labute approximate surface area is 219 Å². The largest absolute Gasteiger partial charge is 0.497 e. The van der Waals surface area contributed by atoms with Crippen LogP contribution in [-0.4, -0.2) is 13.0 Å². The molecule has 33 heavy (non-hydrogen) atoms. The molecule has 1 N–H and O–H groups in total. The number of carbonyl (C=O) groups is 1. The van der Waals surface area contributed by atoms with E-state index in [4.69, 9.17) is 9.47 Å². The first-order valence-corrected chi connectivity index (χ1v) is 11.8. The molecule has 0 radical (unpaired) electrons. The lowest BCUT2D eigenvalue weighted by Gasteiger charge is -2.12. The molecular formula is C25H17I2N3O3. The standard InChI is InChI=1S/C25H17I2N3O3/c1-32-21-8-6-20(7-9-21)30-25(31)19(14-29)10-16-11-22(26)24(23(27)12-16)33-15-18-5-3-2-4-17(18)13-28/h2-12H,15H2,1H3,(H,30,31)/b19-10-. The fraction of sp³-hybridized carbons (Fsp3) is 0.0800. The van der Waals surface area contributed by atoms with Crippen LogP contribution < -0.4 is 14.8 Å². The van der Waals surface area contributed by atoms with Crippen LogP contribution >= 0.6 is 45.2 Å². The molecule has 0 aromatic heterocycles. The van der Waals surface area contributed by atoms with Crippen LogP contribution in [0.15, 0.2) is 66.2 Å². The number of methoxy groups -OCH3 is 1. The average molecular weight is 661 g/mol. The lowest BCUT2D eigenvalue weighted by Crippen LogP contribution is -2.13. The van der Waals surface area contributed by atoms with Crippen LogP contribution in [0.2, 0.25) is 0 Å². The minimum atomic E-state index is -0.499. The maximum absolute atomic E-state index is 12.6. The van der Waals surface area contributed by atoms with Gasteiger partial charge in [-0.3, -0.25) is 4.79 Å². The van der Waals surface area contributed by atoms with Gasteiger partial charge in [0.2, 0.25) is 0 Å². The smallest absolute Gasteiger partial charge is 0.266 e. The molecule has 0 aliphatic carbocycles. The Morgan fingerprint density at radius 3 is 2.33 bits per heavy atom. The molecule has 6 nitrogen and oxygen atoms in total. The van der Waals surface area contributed by atoms with E-state index in [9.17, 15) is 15.3 Å². The van der Waals surface area contributed by atoms with Crippen molar-refractivity contribution in [2.24, 2.45) is 0 Å². The molecule has 3 aromatic carbocycles. The number of amides is 1. The van der Waals surface area contributed by atoms with Crippen molar-refractivity contribution in [2.75, 3.05) is 12.4 Å². The van der Waals surface area contributed by atoms with Gasteiger partial charge in [-0.1, -0.05) is 18.2 Å². The number of ether oxygens (including phenoxy) is 2. The van der Waals surface area contributed by atoms with Gasteiger partial charge < -0.3 is 14.8 Å². The molecular weight excluding hydrogens is 644 g/mol. The molecule has 0 bridgehead atoms. The van der Waals surface area contributed by atoms with Crippen molar-refractivity contribution in [1.29, 1.82) is 10.5 Å². The zero-order valence-electron chi connectivity index (χ0n) is 17.4. The number of anilines is 1. The Hall–Kier alpha value is -3.09. The van der Waals surface area contributed by atoms with Crippen LogP contribution in [0.5, 0.6) is 11.5 Å². The third-order valence-corrected chi connectivity index (χ3v) is 6.16. The van der Waals surface area contributed by atoms with E-state index in [0.717, 1.165) is 12.7 Å². The number of nitrogens with one attached hydrogen (secondary N) is 1. The summed E-state index contributed by atoms with van der Waals surface area (Å²) in [5, 5.41) is 21.5. The highest BCUT2D eigenvalue weighted by atomic mass is 127. The molecule has 0 saturated heterocycles. The lowest BCUT2D eigenvalue weighted by molar-refractivity contribution is -0.112. The molecule has 3 aromatic rings. The molecule has 0 atom stereocenters. The van der Waals surface area contributed by atoms with E-state index in [1.807, 2.05) is 36.4 Å². The van der Waals surface area contributed by atoms with Crippen molar-refractivity contribution in [3.63, 3.8) is 0 Å². The third-order valence-electron chi connectivity index (χ3n) is 4.55. The fourth-order valence-corrected chi connectivity index (χ4v) is 5.02. The first-order valence-electron chi connectivity index (χ1n) is 9.62. The zero-order chi connectivity index (χ0) is 23.8. The van der Waals surface area contributed by atoms with Gasteiger partial charge in [0.05, 0.1) is 25.9 Å². The van der Waals surface area contributed by atoms with E-state index in [1.54, 1.807) is 37.4 Å². The number of hydrogen-bond donors (Lipinski definition) is 1. The van der Waals surface area contributed by atoms with Crippen molar-refractivity contribution in [3.8, 4) is 23.6 Å². The third kappa shape index (κ3) is 6.46. The second-order valence-corrected chi connectivity index (χ2v) is 9.05. The van der Waals surface area contributed by atoms with Crippen molar-refractivity contribution in [2.45, 2.75) is 6.61 Å². The number of benzene rings is 3. The van der Waals surface area contributed by atoms with Crippen LogP contribution in [-0.2, 0) is 11.4 Å². The summed E-state index contributed by atoms with van der Waals surface area (Å²) in [6, 6.07) is 22.0. The normalized spacial score (nSPS) is 10.6. The predicted octanol–water partition coefficient (Wildman–Crippen LogP) is 5.90. The summed E-state index contributed by atoms with van der Waals surface area (Å²) in [5.74, 6) is 0.857. The van der Waals surface area contributed by atoms with Gasteiger partial charge in [0.1, 0.15) is 29.7 Å². The number of halogens is 2. The van der Waals surface area contributed by atoms with Gasteiger partial charge in [0.25, 0.3) is 5.91 Å². The van der Waals surface area contributed by atoms with Crippen LogP contribution in [0.4, 0.5) is 5.69 Å². The molecule has 3 rings (SSSR count). The monoisotopic (exact) mass is 661 g/mol. The summed E-state index contributed by atoms with van der Waals surface area (Å²) >= 11 is 4.31. The van der Waals surface area contributed by atoms with Gasteiger partial charge >= 0.3 is 0 Å². The van der Waals surface area contributed by atoms with Crippen LogP contribution in [0.25, 0.3) is 6.08 Å². The van der Waals surface area contributed by atoms with Crippen molar-refractivity contribution in [3.05, 3.63) is 90.1 Å². The highest BCUT2D eigenvalue weighted by Crippen LogP contribution is 2.31. The van der Waals surface area contributed by atoms with Crippen LogP contribution in [0, 0.1) is 29.8 Å². The molecule has 0 saturated carbocycles. The molecule has 164 valence electrons. The molecule has 0 spiro atoms. The number of nitriles is 2. The lowest BCUT2D eigenvalue weighted by atomic mass is 10.1. The zero-order valence-corrected chi connectivity index (χ0v) is 21.7.